The number of furan rings is 1. The molecule has 2 aromatic rings. The van der Waals surface area contributed by atoms with Crippen LogP contribution in [-0.2, 0) is 0 Å². The molecule has 2 unspecified atom stereocenters. The predicted molar refractivity (Wildman–Crippen MR) is 81.7 cm³/mol. The minimum atomic E-state index is -0.534. The van der Waals surface area contributed by atoms with Gasteiger partial charge in [0.15, 0.2) is 0 Å². The number of aliphatic imine (C=N–C) groups is 1. The van der Waals surface area contributed by atoms with Gasteiger partial charge in [-0.3, -0.25) is 4.99 Å². The fourth-order valence-corrected chi connectivity index (χ4v) is 2.81. The van der Waals surface area contributed by atoms with Gasteiger partial charge in [-0.25, -0.2) is 4.98 Å². The first-order valence-corrected chi connectivity index (χ1v) is 6.76. The first-order valence-electron chi connectivity index (χ1n) is 6.76. The molecular formula is C16H13N5O. The predicted octanol–water partition coefficient (Wildman–Crippen LogP) is 2.91. The van der Waals surface area contributed by atoms with Crippen LogP contribution in [0.25, 0.3) is 11.0 Å². The van der Waals surface area contributed by atoms with Crippen LogP contribution in [-0.4, -0.2) is 10.7 Å². The van der Waals surface area contributed by atoms with Crippen molar-refractivity contribution < 1.29 is 4.42 Å². The fourth-order valence-electron chi connectivity index (χ4n) is 2.81. The van der Waals surface area contributed by atoms with E-state index < -0.39 is 11.8 Å². The number of fused-ring (bicyclic) bond motifs is 1. The van der Waals surface area contributed by atoms with Gasteiger partial charge in [-0.2, -0.15) is 10.5 Å². The molecule has 6 nitrogen and oxygen atoms in total. The van der Waals surface area contributed by atoms with E-state index in [0.29, 0.717) is 39.5 Å². The molecule has 0 radical (unpaired) electrons. The summed E-state index contributed by atoms with van der Waals surface area (Å²) < 4.78 is 5.84. The number of hydrogen-bond donors (Lipinski definition) is 1. The van der Waals surface area contributed by atoms with E-state index in [1.54, 1.807) is 32.2 Å². The number of pyridine rings is 1. The summed E-state index contributed by atoms with van der Waals surface area (Å²) in [5, 5.41) is 19.6. The van der Waals surface area contributed by atoms with Crippen LogP contribution < -0.4 is 5.73 Å². The Kier molecular flexibility index (Phi) is 3.15. The average molecular weight is 291 g/mol. The Labute approximate surface area is 127 Å². The highest BCUT2D eigenvalue weighted by molar-refractivity contribution is 5.91. The Balaban J connectivity index is 2.23. The van der Waals surface area contributed by atoms with E-state index in [0.717, 1.165) is 0 Å². The summed E-state index contributed by atoms with van der Waals surface area (Å²) in [5.41, 5.74) is 8.18. The molecule has 2 atom stereocenters. The SMILES string of the molecule is CC1=NC(C)=C(C#N)C(c2cc3c(N)nccc3o2)C1C#N. The van der Waals surface area contributed by atoms with Crippen molar-refractivity contribution in [2.24, 2.45) is 10.9 Å². The van der Waals surface area contributed by atoms with Crippen LogP contribution in [0.5, 0.6) is 0 Å². The molecule has 2 aromatic heterocycles. The maximum absolute atomic E-state index is 9.48. The summed E-state index contributed by atoms with van der Waals surface area (Å²) >= 11 is 0. The van der Waals surface area contributed by atoms with Gasteiger partial charge < -0.3 is 10.2 Å². The lowest BCUT2D eigenvalue weighted by atomic mass is 9.79. The number of nitrogen functional groups attached to an aromatic ring is 1. The molecule has 0 fully saturated rings. The van der Waals surface area contributed by atoms with Crippen molar-refractivity contribution in [1.82, 2.24) is 4.98 Å². The van der Waals surface area contributed by atoms with Gasteiger partial charge in [0.25, 0.3) is 0 Å². The minimum absolute atomic E-state index is 0.362. The van der Waals surface area contributed by atoms with Gasteiger partial charge in [0.2, 0.25) is 0 Å². The number of rotatable bonds is 1. The molecule has 1 aliphatic heterocycles. The van der Waals surface area contributed by atoms with Gasteiger partial charge in [-0.05, 0) is 26.0 Å². The zero-order valence-electron chi connectivity index (χ0n) is 12.2. The lowest BCUT2D eigenvalue weighted by Gasteiger charge is -2.24. The van der Waals surface area contributed by atoms with Gasteiger partial charge in [0.05, 0.1) is 40.6 Å². The summed E-state index contributed by atoms with van der Waals surface area (Å²) in [4.78, 5) is 8.33. The van der Waals surface area contributed by atoms with Crippen molar-refractivity contribution in [3.63, 3.8) is 0 Å². The van der Waals surface area contributed by atoms with E-state index in [9.17, 15) is 10.5 Å². The van der Waals surface area contributed by atoms with E-state index in [1.165, 1.54) is 0 Å². The van der Waals surface area contributed by atoms with E-state index in [1.807, 2.05) is 0 Å². The summed E-state index contributed by atoms with van der Waals surface area (Å²) in [5.74, 6) is -0.111. The molecule has 2 N–H and O–H groups in total. The third kappa shape index (κ3) is 1.94. The van der Waals surface area contributed by atoms with Crippen LogP contribution in [0.3, 0.4) is 0 Å². The number of anilines is 1. The largest absolute Gasteiger partial charge is 0.460 e. The average Bonchev–Trinajstić information content (AvgIpc) is 2.92. The van der Waals surface area contributed by atoms with Crippen molar-refractivity contribution in [1.29, 1.82) is 10.5 Å². The monoisotopic (exact) mass is 291 g/mol. The van der Waals surface area contributed by atoms with E-state index in [-0.39, 0.29) is 0 Å². The lowest BCUT2D eigenvalue weighted by Crippen LogP contribution is -2.24. The zero-order chi connectivity index (χ0) is 15.9. The van der Waals surface area contributed by atoms with Crippen LogP contribution in [0.2, 0.25) is 0 Å². The Morgan fingerprint density at radius 2 is 2.09 bits per heavy atom. The van der Waals surface area contributed by atoms with Crippen LogP contribution in [0.15, 0.2) is 39.0 Å². The second-order valence-corrected chi connectivity index (χ2v) is 5.21. The normalized spacial score (nSPS) is 21.4. The zero-order valence-corrected chi connectivity index (χ0v) is 12.2. The molecule has 0 aromatic carbocycles. The standard InChI is InChI=1S/C16H13N5O/c1-8-11(6-17)15(12(7-18)9(2)21-8)14-5-10-13(22-14)3-4-20-16(10)19/h3-5,11,15H,1-2H3,(H2,19,20). The van der Waals surface area contributed by atoms with Gasteiger partial charge in [-0.15, -0.1) is 0 Å². The molecule has 1 aliphatic rings. The molecule has 0 saturated heterocycles. The highest BCUT2D eigenvalue weighted by Crippen LogP contribution is 2.40. The summed E-state index contributed by atoms with van der Waals surface area (Å²) in [6.07, 6.45) is 1.56. The number of nitriles is 2. The summed E-state index contributed by atoms with van der Waals surface area (Å²) in [6, 6.07) is 7.85. The number of nitrogens with two attached hydrogens (primary N) is 1. The van der Waals surface area contributed by atoms with Crippen LogP contribution in [0.1, 0.15) is 25.5 Å². The molecule has 0 aliphatic carbocycles. The van der Waals surface area contributed by atoms with Gasteiger partial charge in [0.1, 0.15) is 17.2 Å². The molecule has 6 heteroatoms. The Hall–Kier alpha value is -3.12. The highest BCUT2D eigenvalue weighted by Gasteiger charge is 2.36. The van der Waals surface area contributed by atoms with E-state index >= 15 is 0 Å². The molecule has 0 amide bonds. The quantitative estimate of drug-likeness (QED) is 0.868. The third-order valence-electron chi connectivity index (χ3n) is 3.89. The van der Waals surface area contributed by atoms with Crippen molar-refractivity contribution in [2.75, 3.05) is 5.73 Å². The molecule has 22 heavy (non-hydrogen) atoms. The molecule has 0 saturated carbocycles. The van der Waals surface area contributed by atoms with Gasteiger partial charge in [-0.1, -0.05) is 0 Å². The third-order valence-corrected chi connectivity index (χ3v) is 3.89. The summed E-state index contributed by atoms with van der Waals surface area (Å²) in [7, 11) is 0. The Morgan fingerprint density at radius 3 is 2.73 bits per heavy atom. The van der Waals surface area contributed by atoms with Crippen LogP contribution >= 0.6 is 0 Å². The summed E-state index contributed by atoms with van der Waals surface area (Å²) in [6.45, 7) is 3.55. The first-order chi connectivity index (χ1) is 10.6. The van der Waals surface area contributed by atoms with E-state index in [4.69, 9.17) is 10.2 Å². The number of allylic oxidation sites excluding steroid dienone is 2. The van der Waals surface area contributed by atoms with Crippen molar-refractivity contribution in [3.05, 3.63) is 35.4 Å². The van der Waals surface area contributed by atoms with Gasteiger partial charge >= 0.3 is 0 Å². The number of hydrogen-bond acceptors (Lipinski definition) is 6. The van der Waals surface area contributed by atoms with Crippen LogP contribution in [0, 0.1) is 28.6 Å². The molecule has 0 spiro atoms. The second kappa shape index (κ2) is 5.01. The fraction of sp³-hybridized carbons (Fsp3) is 0.250. The smallest absolute Gasteiger partial charge is 0.139 e. The maximum atomic E-state index is 9.48. The molecule has 0 bridgehead atoms. The molecule has 108 valence electrons. The Bertz CT molecular complexity index is 907. The Morgan fingerprint density at radius 1 is 1.32 bits per heavy atom. The molecular weight excluding hydrogens is 278 g/mol. The molecule has 3 heterocycles. The minimum Gasteiger partial charge on any atom is -0.460 e. The second-order valence-electron chi connectivity index (χ2n) is 5.21. The van der Waals surface area contributed by atoms with Crippen molar-refractivity contribution in [2.45, 2.75) is 19.8 Å². The first kappa shape index (κ1) is 13.8. The molecule has 3 rings (SSSR count). The lowest BCUT2D eigenvalue weighted by molar-refractivity contribution is 0.497. The van der Waals surface area contributed by atoms with Crippen molar-refractivity contribution >= 4 is 22.5 Å². The van der Waals surface area contributed by atoms with Crippen molar-refractivity contribution in [3.8, 4) is 12.1 Å². The van der Waals surface area contributed by atoms with Crippen LogP contribution in [0.4, 0.5) is 5.82 Å². The maximum Gasteiger partial charge on any atom is 0.139 e. The topological polar surface area (TPSA) is 112 Å². The highest BCUT2D eigenvalue weighted by atomic mass is 16.3. The van der Waals surface area contributed by atoms with E-state index in [2.05, 4.69) is 22.1 Å². The van der Waals surface area contributed by atoms with Gasteiger partial charge in [0, 0.05) is 11.9 Å². The number of aromatic nitrogens is 1. The number of nitrogens with zero attached hydrogens (tertiary/aromatic N) is 4.